The lowest BCUT2D eigenvalue weighted by atomic mass is 10.3. The third-order valence-corrected chi connectivity index (χ3v) is 3.68. The van der Waals surface area contributed by atoms with Crippen LogP contribution in [-0.4, -0.2) is 27.4 Å². The van der Waals surface area contributed by atoms with E-state index in [0.717, 1.165) is 25.1 Å². The van der Waals surface area contributed by atoms with Crippen LogP contribution < -0.4 is 5.32 Å². The Balaban J connectivity index is 3.26. The van der Waals surface area contributed by atoms with E-state index >= 15 is 0 Å². The summed E-state index contributed by atoms with van der Waals surface area (Å²) >= 11 is 4.30. The van der Waals surface area contributed by atoms with Gasteiger partial charge in [-0.2, -0.15) is 11.8 Å². The molecule has 0 bridgehead atoms. The minimum Gasteiger partial charge on any atom is -0.356 e. The summed E-state index contributed by atoms with van der Waals surface area (Å²) in [6, 6.07) is 0. The van der Waals surface area contributed by atoms with Gasteiger partial charge in [-0.25, -0.2) is 0 Å². The number of amides is 1. The molecule has 0 saturated heterocycles. The fraction of sp³-hybridized carbons (Fsp3) is 0.909. The van der Waals surface area contributed by atoms with Crippen molar-refractivity contribution in [2.24, 2.45) is 0 Å². The van der Waals surface area contributed by atoms with Crippen LogP contribution in [0.5, 0.6) is 0 Å². The average Bonchev–Trinajstić information content (AvgIpc) is 2.11. The lowest BCUT2D eigenvalue weighted by Gasteiger charge is -2.07. The normalized spacial score (nSPS) is 12.9. The Bertz CT molecular complexity index is 174. The number of thioether (sulfide) groups is 1. The van der Waals surface area contributed by atoms with Gasteiger partial charge in [0.05, 0.1) is 0 Å². The Labute approximate surface area is 111 Å². The summed E-state index contributed by atoms with van der Waals surface area (Å²) < 4.78 is 0.638. The van der Waals surface area contributed by atoms with Crippen LogP contribution in [0.4, 0.5) is 0 Å². The molecule has 1 unspecified atom stereocenters. The molecule has 90 valence electrons. The number of carbonyl (C=O) groups excluding carboxylic acids is 1. The van der Waals surface area contributed by atoms with Crippen molar-refractivity contribution in [3.8, 4) is 0 Å². The molecule has 0 aliphatic carbocycles. The van der Waals surface area contributed by atoms with E-state index in [1.165, 1.54) is 0 Å². The molecule has 1 atom stereocenters. The number of alkyl halides is 1. The largest absolute Gasteiger partial charge is 0.356 e. The number of hydrogen-bond acceptors (Lipinski definition) is 2. The van der Waals surface area contributed by atoms with Crippen LogP contribution in [0.25, 0.3) is 0 Å². The van der Waals surface area contributed by atoms with Crippen LogP contribution in [-0.2, 0) is 4.79 Å². The molecule has 0 aromatic heterocycles. The average molecular weight is 343 g/mol. The lowest BCUT2D eigenvalue weighted by molar-refractivity contribution is -0.121. The molecule has 15 heavy (non-hydrogen) atoms. The van der Waals surface area contributed by atoms with Gasteiger partial charge in [0.25, 0.3) is 0 Å². The van der Waals surface area contributed by atoms with Crippen molar-refractivity contribution in [1.82, 2.24) is 5.32 Å². The van der Waals surface area contributed by atoms with E-state index in [1.54, 1.807) is 0 Å². The first-order valence-corrected chi connectivity index (χ1v) is 7.84. The molecule has 4 heteroatoms. The summed E-state index contributed by atoms with van der Waals surface area (Å²) in [6.07, 6.45) is 2.73. The zero-order chi connectivity index (χ0) is 11.7. The molecular weight excluding hydrogens is 321 g/mol. The Morgan fingerprint density at radius 1 is 1.40 bits per heavy atom. The highest BCUT2D eigenvalue weighted by Gasteiger charge is 2.02. The van der Waals surface area contributed by atoms with Gasteiger partial charge in [0.15, 0.2) is 0 Å². The summed E-state index contributed by atoms with van der Waals surface area (Å²) in [6.45, 7) is 7.35. The Kier molecular flexibility index (Phi) is 10.1. The van der Waals surface area contributed by atoms with Crippen LogP contribution in [0, 0.1) is 0 Å². The van der Waals surface area contributed by atoms with Crippen molar-refractivity contribution in [1.29, 1.82) is 0 Å². The predicted molar refractivity (Wildman–Crippen MR) is 77.9 cm³/mol. The van der Waals surface area contributed by atoms with Gasteiger partial charge in [0.2, 0.25) is 5.91 Å². The molecule has 0 aromatic rings. The second kappa shape index (κ2) is 9.75. The quantitative estimate of drug-likeness (QED) is 0.416. The van der Waals surface area contributed by atoms with E-state index in [1.807, 2.05) is 11.8 Å². The van der Waals surface area contributed by atoms with Crippen molar-refractivity contribution in [2.45, 2.75) is 49.2 Å². The number of nitrogens with one attached hydrogen (secondary N) is 1. The SMILES string of the molecule is CC(I)CCNC(=O)CCCSC(C)C. The van der Waals surface area contributed by atoms with Gasteiger partial charge in [-0.15, -0.1) is 0 Å². The Hall–Kier alpha value is 0.550. The number of hydrogen-bond donors (Lipinski definition) is 1. The molecule has 0 spiro atoms. The Morgan fingerprint density at radius 3 is 2.60 bits per heavy atom. The standard InChI is InChI=1S/C11H22INOS/c1-9(2)15-8-4-5-11(14)13-7-6-10(3)12/h9-10H,4-8H2,1-3H3,(H,13,14). The first-order valence-electron chi connectivity index (χ1n) is 5.54. The van der Waals surface area contributed by atoms with Crippen LogP contribution >= 0.6 is 34.4 Å². The van der Waals surface area contributed by atoms with Crippen molar-refractivity contribution < 1.29 is 4.79 Å². The monoisotopic (exact) mass is 343 g/mol. The number of carbonyl (C=O) groups is 1. The van der Waals surface area contributed by atoms with Crippen molar-refractivity contribution in [2.75, 3.05) is 12.3 Å². The molecular formula is C11H22INOS. The Morgan fingerprint density at radius 2 is 2.07 bits per heavy atom. The molecule has 0 aromatic carbocycles. The van der Waals surface area contributed by atoms with Gasteiger partial charge >= 0.3 is 0 Å². The fourth-order valence-electron chi connectivity index (χ4n) is 1.05. The molecule has 0 aliphatic rings. The van der Waals surface area contributed by atoms with Crippen LogP contribution in [0.3, 0.4) is 0 Å². The second-order valence-corrected chi connectivity index (χ2v) is 7.75. The van der Waals surface area contributed by atoms with E-state index in [0.29, 0.717) is 15.6 Å². The van der Waals surface area contributed by atoms with Crippen LogP contribution in [0.1, 0.15) is 40.0 Å². The maximum Gasteiger partial charge on any atom is 0.220 e. The zero-order valence-electron chi connectivity index (χ0n) is 9.88. The molecule has 2 nitrogen and oxygen atoms in total. The highest BCUT2D eigenvalue weighted by molar-refractivity contribution is 14.1. The van der Waals surface area contributed by atoms with Crippen LogP contribution in [0.15, 0.2) is 0 Å². The lowest BCUT2D eigenvalue weighted by Crippen LogP contribution is -2.25. The van der Waals surface area contributed by atoms with Crippen molar-refractivity contribution in [3.05, 3.63) is 0 Å². The highest BCUT2D eigenvalue weighted by Crippen LogP contribution is 2.11. The van der Waals surface area contributed by atoms with Crippen molar-refractivity contribution >= 4 is 40.3 Å². The molecule has 0 radical (unpaired) electrons. The van der Waals surface area contributed by atoms with Gasteiger partial charge in [-0.3, -0.25) is 4.79 Å². The maximum atomic E-state index is 11.3. The first-order chi connectivity index (χ1) is 7.02. The molecule has 1 amide bonds. The molecule has 0 fully saturated rings. The first kappa shape index (κ1) is 15.6. The fourth-order valence-corrected chi connectivity index (χ4v) is 2.14. The molecule has 0 aliphatic heterocycles. The summed E-state index contributed by atoms with van der Waals surface area (Å²) in [5.41, 5.74) is 0. The van der Waals surface area contributed by atoms with E-state index < -0.39 is 0 Å². The summed E-state index contributed by atoms with van der Waals surface area (Å²) in [5.74, 6) is 1.30. The number of rotatable bonds is 8. The summed E-state index contributed by atoms with van der Waals surface area (Å²) in [4.78, 5) is 11.3. The molecule has 0 heterocycles. The van der Waals surface area contributed by atoms with Gasteiger partial charge in [0, 0.05) is 16.9 Å². The van der Waals surface area contributed by atoms with E-state index in [9.17, 15) is 4.79 Å². The second-order valence-electron chi connectivity index (χ2n) is 3.94. The topological polar surface area (TPSA) is 29.1 Å². The number of halogens is 1. The third-order valence-electron chi connectivity index (χ3n) is 1.86. The third kappa shape index (κ3) is 12.5. The van der Waals surface area contributed by atoms with Gasteiger partial charge in [-0.05, 0) is 23.8 Å². The van der Waals surface area contributed by atoms with E-state index in [2.05, 4.69) is 48.7 Å². The zero-order valence-corrected chi connectivity index (χ0v) is 12.9. The minimum absolute atomic E-state index is 0.205. The molecule has 1 N–H and O–H groups in total. The maximum absolute atomic E-state index is 11.3. The van der Waals surface area contributed by atoms with Gasteiger partial charge < -0.3 is 5.32 Å². The summed E-state index contributed by atoms with van der Waals surface area (Å²) in [5, 5.41) is 3.62. The molecule has 0 saturated carbocycles. The predicted octanol–water partition coefficient (Wildman–Crippen LogP) is 3.24. The molecule has 0 rings (SSSR count). The van der Waals surface area contributed by atoms with E-state index in [-0.39, 0.29) is 5.91 Å². The smallest absolute Gasteiger partial charge is 0.220 e. The van der Waals surface area contributed by atoms with E-state index in [4.69, 9.17) is 0 Å². The van der Waals surface area contributed by atoms with Gasteiger partial charge in [-0.1, -0.05) is 43.4 Å². The minimum atomic E-state index is 0.205. The van der Waals surface area contributed by atoms with Crippen molar-refractivity contribution in [3.63, 3.8) is 0 Å². The van der Waals surface area contributed by atoms with Gasteiger partial charge in [0.1, 0.15) is 0 Å². The summed E-state index contributed by atoms with van der Waals surface area (Å²) in [7, 11) is 0. The highest BCUT2D eigenvalue weighted by atomic mass is 127. The van der Waals surface area contributed by atoms with Crippen LogP contribution in [0.2, 0.25) is 0 Å².